The predicted molar refractivity (Wildman–Crippen MR) is 89.4 cm³/mol. The molecule has 1 amide bonds. The molecule has 130 valence electrons. The van der Waals surface area contributed by atoms with E-state index in [9.17, 15) is 13.2 Å². The van der Waals surface area contributed by atoms with E-state index in [1.54, 1.807) is 18.2 Å². The van der Waals surface area contributed by atoms with Crippen molar-refractivity contribution in [2.75, 3.05) is 31.2 Å². The molecule has 0 N–H and O–H groups in total. The van der Waals surface area contributed by atoms with Crippen molar-refractivity contribution in [3.63, 3.8) is 0 Å². The van der Waals surface area contributed by atoms with Crippen LogP contribution in [0.2, 0.25) is 0 Å². The fraction of sp³-hybridized carbons (Fsp3) is 0.588. The van der Waals surface area contributed by atoms with Gasteiger partial charge in [-0.2, -0.15) is 4.31 Å². The van der Waals surface area contributed by atoms with Gasteiger partial charge in [-0.05, 0) is 49.9 Å². The molecular formula is C17H22N2O4S. The lowest BCUT2D eigenvalue weighted by molar-refractivity contribution is -0.120. The van der Waals surface area contributed by atoms with Gasteiger partial charge in [-0.1, -0.05) is 0 Å². The Labute approximate surface area is 142 Å². The summed E-state index contributed by atoms with van der Waals surface area (Å²) in [6, 6.07) is 5.27. The summed E-state index contributed by atoms with van der Waals surface area (Å²) in [6.07, 6.45) is 2.65. The van der Waals surface area contributed by atoms with Crippen molar-refractivity contribution in [2.24, 2.45) is 5.92 Å². The minimum absolute atomic E-state index is 0.0921. The van der Waals surface area contributed by atoms with Gasteiger partial charge in [0.25, 0.3) is 0 Å². The number of benzene rings is 1. The Bertz CT molecular complexity index is 767. The zero-order chi connectivity index (χ0) is 16.9. The molecule has 1 aromatic carbocycles. The number of nitrogens with zero attached hydrogens (tertiary/aromatic N) is 2. The highest BCUT2D eigenvalue weighted by molar-refractivity contribution is 7.89. The van der Waals surface area contributed by atoms with Gasteiger partial charge in [0.15, 0.2) is 0 Å². The van der Waals surface area contributed by atoms with E-state index in [4.69, 9.17) is 4.74 Å². The molecule has 1 aromatic rings. The molecule has 2 fully saturated rings. The number of fused-ring (bicyclic) bond motifs is 1. The SMILES string of the molecule is C[C@H]1Cc2cc(S(=O)(=O)N3CCOCC3)ccc2N1C(=O)C1CC1. The molecule has 1 saturated carbocycles. The molecule has 6 nitrogen and oxygen atoms in total. The lowest BCUT2D eigenvalue weighted by Gasteiger charge is -2.26. The molecule has 0 unspecified atom stereocenters. The Morgan fingerprint density at radius 3 is 2.58 bits per heavy atom. The van der Waals surface area contributed by atoms with E-state index in [2.05, 4.69) is 0 Å². The molecule has 0 bridgehead atoms. The standard InChI is InChI=1S/C17H22N2O4S/c1-12-10-14-11-15(24(21,22)18-6-8-23-9-7-18)4-5-16(14)19(12)17(20)13-2-3-13/h4-5,11-13H,2-3,6-10H2,1H3/t12-/m0/s1. The topological polar surface area (TPSA) is 66.9 Å². The molecular weight excluding hydrogens is 328 g/mol. The van der Waals surface area contributed by atoms with Crippen LogP contribution in [0.15, 0.2) is 23.1 Å². The molecule has 1 aliphatic carbocycles. The number of hydrogen-bond donors (Lipinski definition) is 0. The summed E-state index contributed by atoms with van der Waals surface area (Å²) in [5.41, 5.74) is 1.83. The first kappa shape index (κ1) is 16.1. The number of sulfonamides is 1. The summed E-state index contributed by atoms with van der Waals surface area (Å²) < 4.78 is 32.3. The van der Waals surface area contributed by atoms with Crippen LogP contribution in [0, 0.1) is 5.92 Å². The van der Waals surface area contributed by atoms with E-state index in [0.29, 0.717) is 37.6 Å². The summed E-state index contributed by atoms with van der Waals surface area (Å²) in [4.78, 5) is 14.7. The van der Waals surface area contributed by atoms with E-state index < -0.39 is 10.0 Å². The number of carbonyl (C=O) groups is 1. The van der Waals surface area contributed by atoms with Gasteiger partial charge >= 0.3 is 0 Å². The smallest absolute Gasteiger partial charge is 0.243 e. The highest BCUT2D eigenvalue weighted by atomic mass is 32.2. The molecule has 0 spiro atoms. The molecule has 0 radical (unpaired) electrons. The molecule has 0 aromatic heterocycles. The number of ether oxygens (including phenoxy) is 1. The Hall–Kier alpha value is -1.44. The second-order valence-corrected chi connectivity index (χ2v) is 8.78. The van der Waals surface area contributed by atoms with Gasteiger partial charge < -0.3 is 9.64 Å². The van der Waals surface area contributed by atoms with Crippen LogP contribution < -0.4 is 4.90 Å². The molecule has 1 saturated heterocycles. The molecule has 1 atom stereocenters. The maximum Gasteiger partial charge on any atom is 0.243 e. The van der Waals surface area contributed by atoms with E-state index in [1.165, 1.54) is 4.31 Å². The molecule has 4 rings (SSSR count). The number of rotatable bonds is 3. The summed E-state index contributed by atoms with van der Waals surface area (Å²) in [7, 11) is -3.49. The third-order valence-electron chi connectivity index (χ3n) is 5.04. The van der Waals surface area contributed by atoms with Gasteiger partial charge in [0, 0.05) is 30.7 Å². The quantitative estimate of drug-likeness (QED) is 0.826. The first-order valence-corrected chi connectivity index (χ1v) is 9.96. The Morgan fingerprint density at radius 2 is 1.92 bits per heavy atom. The van der Waals surface area contributed by atoms with Crippen LogP contribution in [0.4, 0.5) is 5.69 Å². The van der Waals surface area contributed by atoms with Crippen molar-refractivity contribution in [3.8, 4) is 0 Å². The number of anilines is 1. The number of carbonyl (C=O) groups excluding carboxylic acids is 1. The van der Waals surface area contributed by atoms with Crippen LogP contribution in [-0.4, -0.2) is 51.0 Å². The van der Waals surface area contributed by atoms with Crippen molar-refractivity contribution in [3.05, 3.63) is 23.8 Å². The third kappa shape index (κ3) is 2.64. The normalized spacial score (nSPS) is 24.9. The highest BCUT2D eigenvalue weighted by Crippen LogP contribution is 2.39. The van der Waals surface area contributed by atoms with Crippen molar-refractivity contribution in [1.29, 1.82) is 0 Å². The third-order valence-corrected chi connectivity index (χ3v) is 6.93. The summed E-state index contributed by atoms with van der Waals surface area (Å²) >= 11 is 0. The number of morpholine rings is 1. The zero-order valence-electron chi connectivity index (χ0n) is 13.8. The average Bonchev–Trinajstić information content (AvgIpc) is 3.37. The van der Waals surface area contributed by atoms with Crippen molar-refractivity contribution >= 4 is 21.6 Å². The lowest BCUT2D eigenvalue weighted by atomic mass is 10.1. The summed E-state index contributed by atoms with van der Waals surface area (Å²) in [6.45, 7) is 3.68. The fourth-order valence-electron chi connectivity index (χ4n) is 3.57. The van der Waals surface area contributed by atoms with Crippen molar-refractivity contribution in [2.45, 2.75) is 37.1 Å². The van der Waals surface area contributed by atoms with Crippen molar-refractivity contribution in [1.82, 2.24) is 4.31 Å². The molecule has 3 aliphatic rings. The summed E-state index contributed by atoms with van der Waals surface area (Å²) in [5.74, 6) is 0.347. The van der Waals surface area contributed by atoms with Gasteiger partial charge in [0.2, 0.25) is 15.9 Å². The number of amides is 1. The summed E-state index contributed by atoms with van der Waals surface area (Å²) in [5, 5.41) is 0. The van der Waals surface area contributed by atoms with Crippen molar-refractivity contribution < 1.29 is 17.9 Å². The van der Waals surface area contributed by atoms with Crippen LogP contribution in [0.3, 0.4) is 0 Å². The second kappa shape index (κ2) is 5.82. The second-order valence-electron chi connectivity index (χ2n) is 6.84. The van der Waals surface area contributed by atoms with Crippen LogP contribution in [0.5, 0.6) is 0 Å². The van der Waals surface area contributed by atoms with Crippen LogP contribution in [0.25, 0.3) is 0 Å². The van der Waals surface area contributed by atoms with Crippen LogP contribution >= 0.6 is 0 Å². The van der Waals surface area contributed by atoms with Gasteiger partial charge in [0.05, 0.1) is 18.1 Å². The monoisotopic (exact) mass is 350 g/mol. The first-order valence-electron chi connectivity index (χ1n) is 8.52. The van der Waals surface area contributed by atoms with E-state index in [1.807, 2.05) is 11.8 Å². The maximum atomic E-state index is 12.8. The van der Waals surface area contributed by atoms with Gasteiger partial charge in [0.1, 0.15) is 0 Å². The molecule has 2 heterocycles. The van der Waals surface area contributed by atoms with Gasteiger partial charge in [-0.25, -0.2) is 8.42 Å². The Kier molecular flexibility index (Phi) is 3.89. The molecule has 24 heavy (non-hydrogen) atoms. The minimum Gasteiger partial charge on any atom is -0.379 e. The zero-order valence-corrected chi connectivity index (χ0v) is 14.6. The minimum atomic E-state index is -3.49. The Balaban J connectivity index is 1.64. The van der Waals surface area contributed by atoms with E-state index >= 15 is 0 Å². The van der Waals surface area contributed by atoms with Crippen LogP contribution in [-0.2, 0) is 26.0 Å². The maximum absolute atomic E-state index is 12.8. The largest absolute Gasteiger partial charge is 0.379 e. The highest BCUT2D eigenvalue weighted by Gasteiger charge is 2.40. The van der Waals surface area contributed by atoms with Gasteiger partial charge in [-0.15, -0.1) is 0 Å². The first-order chi connectivity index (χ1) is 11.5. The molecule has 2 aliphatic heterocycles. The van der Waals surface area contributed by atoms with Crippen LogP contribution in [0.1, 0.15) is 25.3 Å². The van der Waals surface area contributed by atoms with E-state index in [-0.39, 0.29) is 17.9 Å². The predicted octanol–water partition coefficient (Wildman–Crippen LogP) is 1.40. The molecule has 7 heteroatoms. The fourth-order valence-corrected chi connectivity index (χ4v) is 5.03. The Morgan fingerprint density at radius 1 is 1.21 bits per heavy atom. The number of hydrogen-bond acceptors (Lipinski definition) is 4. The average molecular weight is 350 g/mol. The van der Waals surface area contributed by atoms with Gasteiger partial charge in [-0.3, -0.25) is 4.79 Å². The van der Waals surface area contributed by atoms with E-state index in [0.717, 1.165) is 24.1 Å². The lowest BCUT2D eigenvalue weighted by Crippen LogP contribution is -2.40.